The molecule has 1 heterocycles. The van der Waals surface area contributed by atoms with E-state index in [2.05, 4.69) is 0 Å². The highest BCUT2D eigenvalue weighted by Crippen LogP contribution is 2.24. The van der Waals surface area contributed by atoms with Crippen LogP contribution in [0, 0.1) is 0 Å². The van der Waals surface area contributed by atoms with E-state index in [9.17, 15) is 19.8 Å². The molecule has 21 heavy (non-hydrogen) atoms. The Kier molecular flexibility index (Phi) is 8.39. The first-order valence-corrected chi connectivity index (χ1v) is 7.31. The van der Waals surface area contributed by atoms with Crippen LogP contribution < -0.4 is 0 Å². The van der Waals surface area contributed by atoms with Crippen molar-refractivity contribution in [2.24, 2.45) is 0 Å². The molecule has 122 valence electrons. The van der Waals surface area contributed by atoms with Gasteiger partial charge in [-0.25, -0.2) is 0 Å². The molecule has 0 aromatic heterocycles. The van der Waals surface area contributed by atoms with Crippen LogP contribution in [0.25, 0.3) is 0 Å². The molecule has 0 aliphatic carbocycles. The Labute approximate surface area is 126 Å². The van der Waals surface area contributed by atoms with Crippen LogP contribution in [-0.4, -0.2) is 51.3 Å². The van der Waals surface area contributed by atoms with Gasteiger partial charge in [-0.1, -0.05) is 20.8 Å². The number of aliphatic hydroxyl groups excluding tert-OH is 2. The summed E-state index contributed by atoms with van der Waals surface area (Å²) in [5, 5.41) is 19.5. The van der Waals surface area contributed by atoms with Gasteiger partial charge in [-0.05, 0) is 13.8 Å². The molecule has 1 amide bonds. The average molecular weight is 301 g/mol. The van der Waals surface area contributed by atoms with Gasteiger partial charge < -0.3 is 14.9 Å². The zero-order valence-electron chi connectivity index (χ0n) is 13.7. The maximum absolute atomic E-state index is 11.6. The zero-order valence-corrected chi connectivity index (χ0v) is 13.7. The number of hydrogen-bond donors (Lipinski definition) is 2. The largest absolute Gasteiger partial charge is 0.388 e. The van der Waals surface area contributed by atoms with Crippen LogP contribution in [0.5, 0.6) is 0 Å². The molecule has 6 heteroatoms. The third-order valence-electron chi connectivity index (χ3n) is 3.21. The number of carbonyl (C=O) groups excluding carboxylic acids is 2. The van der Waals surface area contributed by atoms with E-state index in [0.717, 1.165) is 4.90 Å². The first-order valence-electron chi connectivity index (χ1n) is 7.31. The van der Waals surface area contributed by atoms with Crippen molar-refractivity contribution in [2.45, 2.75) is 72.5 Å². The molecule has 4 unspecified atom stereocenters. The minimum Gasteiger partial charge on any atom is -0.388 e. The van der Waals surface area contributed by atoms with E-state index in [1.807, 2.05) is 13.8 Å². The molecular weight excluding hydrogens is 274 g/mol. The smallest absolute Gasteiger partial charge is 0.225 e. The Hall–Kier alpha value is -1.24. The van der Waals surface area contributed by atoms with Gasteiger partial charge in [0.05, 0.1) is 6.10 Å². The normalized spacial score (nSPS) is 28.7. The number of Topliss-reactive ketones (excluding diaryl/α,β-unsaturated/α-hetero) is 1. The van der Waals surface area contributed by atoms with Gasteiger partial charge >= 0.3 is 0 Å². The number of allylic oxidation sites excluding steroid dienone is 1. The number of rotatable bonds is 4. The summed E-state index contributed by atoms with van der Waals surface area (Å²) in [5.74, 6) is -0.457. The van der Waals surface area contributed by atoms with Gasteiger partial charge in [-0.15, -0.1) is 0 Å². The summed E-state index contributed by atoms with van der Waals surface area (Å²) < 4.78 is 5.37. The molecule has 0 spiro atoms. The average Bonchev–Trinajstić information content (AvgIpc) is 2.72. The summed E-state index contributed by atoms with van der Waals surface area (Å²) in [7, 11) is 0. The van der Waals surface area contributed by atoms with Crippen molar-refractivity contribution in [3.8, 4) is 0 Å². The molecule has 1 fully saturated rings. The Bertz CT molecular complexity index is 394. The van der Waals surface area contributed by atoms with Crippen molar-refractivity contribution < 1.29 is 24.5 Å². The van der Waals surface area contributed by atoms with Crippen molar-refractivity contribution in [3.63, 3.8) is 0 Å². The van der Waals surface area contributed by atoms with E-state index in [1.54, 1.807) is 20.8 Å². The Morgan fingerprint density at radius 1 is 1.19 bits per heavy atom. The van der Waals surface area contributed by atoms with E-state index in [4.69, 9.17) is 4.74 Å². The molecule has 1 aliphatic heterocycles. The van der Waals surface area contributed by atoms with E-state index in [-0.39, 0.29) is 11.7 Å². The predicted molar refractivity (Wildman–Crippen MR) is 79.3 cm³/mol. The molecule has 1 aliphatic rings. The SMILES string of the molecule is CC.CCC(=O)/C(C)=C\N(C(C)=O)C1OC(C)C(O)C1O. The first-order chi connectivity index (χ1) is 9.79. The van der Waals surface area contributed by atoms with Crippen molar-refractivity contribution in [3.05, 3.63) is 11.8 Å². The highest BCUT2D eigenvalue weighted by atomic mass is 16.6. The summed E-state index contributed by atoms with van der Waals surface area (Å²) in [6.45, 7) is 10.2. The third-order valence-corrected chi connectivity index (χ3v) is 3.21. The number of nitrogens with zero attached hydrogens (tertiary/aromatic N) is 1. The molecule has 1 rings (SSSR count). The van der Waals surface area contributed by atoms with E-state index < -0.39 is 24.5 Å². The second-order valence-corrected chi connectivity index (χ2v) is 4.73. The molecule has 0 aromatic rings. The standard InChI is InChI=1S/C13H21NO5.C2H6/c1-5-10(16)7(2)6-14(9(4)15)13-12(18)11(17)8(3)19-13;1-2/h6,8,11-13,17-18H,5H2,1-4H3;1-2H3/b7-6-;. The second-order valence-electron chi connectivity index (χ2n) is 4.73. The third kappa shape index (κ3) is 4.91. The molecule has 0 aromatic carbocycles. The van der Waals surface area contributed by atoms with Crippen molar-refractivity contribution in [2.75, 3.05) is 0 Å². The van der Waals surface area contributed by atoms with Crippen LogP contribution in [0.1, 0.15) is 48.0 Å². The number of amides is 1. The number of aliphatic hydroxyl groups is 2. The fourth-order valence-electron chi connectivity index (χ4n) is 1.96. The minimum atomic E-state index is -1.19. The number of ketones is 1. The fourth-order valence-corrected chi connectivity index (χ4v) is 1.96. The van der Waals surface area contributed by atoms with Crippen molar-refractivity contribution in [1.29, 1.82) is 0 Å². The molecule has 2 N–H and O–H groups in total. The van der Waals surface area contributed by atoms with Crippen LogP contribution >= 0.6 is 0 Å². The van der Waals surface area contributed by atoms with E-state index >= 15 is 0 Å². The van der Waals surface area contributed by atoms with Crippen LogP contribution in [0.4, 0.5) is 0 Å². The zero-order chi connectivity index (χ0) is 16.7. The van der Waals surface area contributed by atoms with Crippen molar-refractivity contribution >= 4 is 11.7 Å². The minimum absolute atomic E-state index is 0.0904. The monoisotopic (exact) mass is 301 g/mol. The van der Waals surface area contributed by atoms with E-state index in [1.165, 1.54) is 13.1 Å². The van der Waals surface area contributed by atoms with Gasteiger partial charge in [-0.3, -0.25) is 14.5 Å². The second kappa shape index (κ2) is 8.92. The summed E-state index contributed by atoms with van der Waals surface area (Å²) in [6, 6.07) is 0. The molecule has 6 nitrogen and oxygen atoms in total. The van der Waals surface area contributed by atoms with Gasteiger partial charge in [0.2, 0.25) is 5.91 Å². The van der Waals surface area contributed by atoms with Gasteiger partial charge in [0.15, 0.2) is 12.0 Å². The van der Waals surface area contributed by atoms with Crippen LogP contribution in [0.15, 0.2) is 11.8 Å². The first kappa shape index (κ1) is 19.8. The fraction of sp³-hybridized carbons (Fsp3) is 0.733. The topological polar surface area (TPSA) is 87.1 Å². The Morgan fingerprint density at radius 2 is 1.71 bits per heavy atom. The molecular formula is C15H27NO5. The molecule has 0 saturated carbocycles. The highest BCUT2D eigenvalue weighted by molar-refractivity contribution is 5.94. The molecule has 0 bridgehead atoms. The van der Waals surface area contributed by atoms with Gasteiger partial charge in [0.1, 0.15) is 12.2 Å². The molecule has 0 radical (unpaired) electrons. The quantitative estimate of drug-likeness (QED) is 0.762. The van der Waals surface area contributed by atoms with Gasteiger partial charge in [-0.2, -0.15) is 0 Å². The van der Waals surface area contributed by atoms with Crippen molar-refractivity contribution in [1.82, 2.24) is 4.90 Å². The Balaban J connectivity index is 0.00000191. The summed E-state index contributed by atoms with van der Waals surface area (Å²) in [5.41, 5.74) is 0.405. The van der Waals surface area contributed by atoms with Gasteiger partial charge in [0, 0.05) is 25.1 Å². The highest BCUT2D eigenvalue weighted by Gasteiger charge is 2.43. The van der Waals surface area contributed by atoms with Gasteiger partial charge in [0.25, 0.3) is 0 Å². The maximum Gasteiger partial charge on any atom is 0.225 e. The van der Waals surface area contributed by atoms with Crippen LogP contribution in [0.2, 0.25) is 0 Å². The summed E-state index contributed by atoms with van der Waals surface area (Å²) >= 11 is 0. The predicted octanol–water partition coefficient (Wildman–Crippen LogP) is 1.21. The maximum atomic E-state index is 11.6. The molecule has 1 saturated heterocycles. The lowest BCUT2D eigenvalue weighted by atomic mass is 10.1. The number of carbonyl (C=O) groups is 2. The number of ether oxygens (including phenoxy) is 1. The lowest BCUT2D eigenvalue weighted by Gasteiger charge is -2.26. The number of hydrogen-bond acceptors (Lipinski definition) is 5. The van der Waals surface area contributed by atoms with E-state index in [0.29, 0.717) is 12.0 Å². The lowest BCUT2D eigenvalue weighted by molar-refractivity contribution is -0.142. The van der Waals surface area contributed by atoms with Crippen LogP contribution in [-0.2, 0) is 14.3 Å². The molecule has 4 atom stereocenters. The summed E-state index contributed by atoms with van der Waals surface area (Å²) in [6.07, 6.45) is -2.09. The lowest BCUT2D eigenvalue weighted by Crippen LogP contribution is -2.43. The Morgan fingerprint density at radius 3 is 2.05 bits per heavy atom. The summed E-state index contributed by atoms with van der Waals surface area (Å²) in [4.78, 5) is 24.3. The van der Waals surface area contributed by atoms with Crippen LogP contribution in [0.3, 0.4) is 0 Å².